The van der Waals surface area contributed by atoms with Crippen molar-refractivity contribution in [3.63, 3.8) is 0 Å². The van der Waals surface area contributed by atoms with Gasteiger partial charge in [-0.2, -0.15) is 5.10 Å². The standard InChI is InChI=1S/C13H16N4O2/c1-8-5-10(3-4-11(8)18)16-13(19)12(14)9-6-15-17(2)7-9/h3-7,12,18H,14H2,1-2H3,(H,16,19). The van der Waals surface area contributed by atoms with Gasteiger partial charge in [0.2, 0.25) is 5.91 Å². The number of nitrogens with two attached hydrogens (primary N) is 1. The molecule has 0 aliphatic rings. The van der Waals surface area contributed by atoms with Crippen molar-refractivity contribution in [1.29, 1.82) is 0 Å². The highest BCUT2D eigenvalue weighted by molar-refractivity contribution is 5.95. The summed E-state index contributed by atoms with van der Waals surface area (Å²) in [6.07, 6.45) is 3.26. The first-order valence-corrected chi connectivity index (χ1v) is 5.82. The highest BCUT2D eigenvalue weighted by atomic mass is 16.3. The topological polar surface area (TPSA) is 93.2 Å². The van der Waals surface area contributed by atoms with Crippen LogP contribution in [0.15, 0.2) is 30.6 Å². The van der Waals surface area contributed by atoms with E-state index in [4.69, 9.17) is 5.73 Å². The number of benzene rings is 1. The molecule has 0 saturated heterocycles. The molecule has 1 aromatic carbocycles. The zero-order valence-corrected chi connectivity index (χ0v) is 10.8. The molecule has 1 atom stereocenters. The summed E-state index contributed by atoms with van der Waals surface area (Å²) in [6, 6.07) is 4.06. The van der Waals surface area contributed by atoms with Gasteiger partial charge >= 0.3 is 0 Å². The van der Waals surface area contributed by atoms with Gasteiger partial charge in [-0.15, -0.1) is 0 Å². The molecule has 6 nitrogen and oxygen atoms in total. The Bertz CT molecular complexity index is 606. The fourth-order valence-electron chi connectivity index (χ4n) is 1.71. The van der Waals surface area contributed by atoms with Crippen molar-refractivity contribution in [2.45, 2.75) is 13.0 Å². The number of nitrogens with one attached hydrogen (secondary N) is 1. The summed E-state index contributed by atoms with van der Waals surface area (Å²) in [7, 11) is 1.76. The smallest absolute Gasteiger partial charge is 0.246 e. The first-order valence-electron chi connectivity index (χ1n) is 5.82. The van der Waals surface area contributed by atoms with E-state index in [9.17, 15) is 9.90 Å². The van der Waals surface area contributed by atoms with Gasteiger partial charge in [0.1, 0.15) is 11.8 Å². The highest BCUT2D eigenvalue weighted by Crippen LogP contribution is 2.21. The average molecular weight is 260 g/mol. The van der Waals surface area contributed by atoms with Crippen LogP contribution in [0, 0.1) is 6.92 Å². The molecule has 0 radical (unpaired) electrons. The lowest BCUT2D eigenvalue weighted by molar-refractivity contribution is -0.117. The zero-order valence-electron chi connectivity index (χ0n) is 10.8. The summed E-state index contributed by atoms with van der Waals surface area (Å²) in [5.41, 5.74) is 7.79. The number of aromatic nitrogens is 2. The molecule has 100 valence electrons. The van der Waals surface area contributed by atoms with Gasteiger partial charge in [0.05, 0.1) is 6.20 Å². The second kappa shape index (κ2) is 5.11. The van der Waals surface area contributed by atoms with Gasteiger partial charge in [0, 0.05) is 24.5 Å². The molecule has 2 aromatic rings. The van der Waals surface area contributed by atoms with Crippen molar-refractivity contribution < 1.29 is 9.90 Å². The van der Waals surface area contributed by atoms with Crippen molar-refractivity contribution in [3.8, 4) is 5.75 Å². The van der Waals surface area contributed by atoms with Gasteiger partial charge in [-0.1, -0.05) is 0 Å². The molecule has 1 amide bonds. The molecule has 0 aliphatic carbocycles. The fraction of sp³-hybridized carbons (Fsp3) is 0.231. The monoisotopic (exact) mass is 260 g/mol. The molecule has 4 N–H and O–H groups in total. The quantitative estimate of drug-likeness (QED) is 0.720. The average Bonchev–Trinajstić information content (AvgIpc) is 2.79. The predicted octanol–water partition coefficient (Wildman–Crippen LogP) is 1.07. The number of aryl methyl sites for hydroxylation is 2. The number of rotatable bonds is 3. The van der Waals surface area contributed by atoms with E-state index in [0.717, 1.165) is 0 Å². The van der Waals surface area contributed by atoms with Crippen LogP contribution in [0.3, 0.4) is 0 Å². The van der Waals surface area contributed by atoms with E-state index in [1.165, 1.54) is 6.07 Å². The van der Waals surface area contributed by atoms with E-state index in [2.05, 4.69) is 10.4 Å². The maximum atomic E-state index is 12.0. The molecule has 19 heavy (non-hydrogen) atoms. The molecule has 0 spiro atoms. The van der Waals surface area contributed by atoms with Crippen LogP contribution in [-0.2, 0) is 11.8 Å². The Hall–Kier alpha value is -2.34. The van der Waals surface area contributed by atoms with Crippen LogP contribution in [0.4, 0.5) is 5.69 Å². The minimum atomic E-state index is -0.775. The van der Waals surface area contributed by atoms with Crippen LogP contribution in [0.5, 0.6) is 5.75 Å². The van der Waals surface area contributed by atoms with Crippen molar-refractivity contribution in [2.24, 2.45) is 12.8 Å². The number of carbonyl (C=O) groups is 1. The van der Waals surface area contributed by atoms with Gasteiger partial charge in [0.25, 0.3) is 0 Å². The summed E-state index contributed by atoms with van der Waals surface area (Å²) in [6.45, 7) is 1.76. The van der Waals surface area contributed by atoms with Crippen LogP contribution in [-0.4, -0.2) is 20.8 Å². The van der Waals surface area contributed by atoms with E-state index in [0.29, 0.717) is 16.8 Å². The molecular formula is C13H16N4O2. The second-order valence-corrected chi connectivity index (χ2v) is 4.42. The van der Waals surface area contributed by atoms with E-state index in [-0.39, 0.29) is 11.7 Å². The Morgan fingerprint density at radius 3 is 2.84 bits per heavy atom. The van der Waals surface area contributed by atoms with Gasteiger partial charge in [-0.25, -0.2) is 0 Å². The lowest BCUT2D eigenvalue weighted by Crippen LogP contribution is -2.27. The molecular weight excluding hydrogens is 244 g/mol. The minimum Gasteiger partial charge on any atom is -0.508 e. The Kier molecular flexibility index (Phi) is 3.52. The van der Waals surface area contributed by atoms with Gasteiger partial charge in [-0.05, 0) is 30.7 Å². The molecule has 0 bridgehead atoms. The number of nitrogens with zero attached hydrogens (tertiary/aromatic N) is 2. The van der Waals surface area contributed by atoms with Crippen molar-refractivity contribution >= 4 is 11.6 Å². The summed E-state index contributed by atoms with van der Waals surface area (Å²) in [5, 5.41) is 16.1. The second-order valence-electron chi connectivity index (χ2n) is 4.42. The number of hydrogen-bond donors (Lipinski definition) is 3. The molecule has 0 aliphatic heterocycles. The number of anilines is 1. The van der Waals surface area contributed by atoms with E-state index < -0.39 is 6.04 Å². The van der Waals surface area contributed by atoms with Gasteiger partial charge in [-0.3, -0.25) is 9.48 Å². The Labute approximate surface area is 110 Å². The van der Waals surface area contributed by atoms with E-state index in [1.807, 2.05) is 0 Å². The zero-order chi connectivity index (χ0) is 14.0. The molecule has 1 heterocycles. The van der Waals surface area contributed by atoms with Gasteiger partial charge < -0.3 is 16.2 Å². The van der Waals surface area contributed by atoms with Crippen molar-refractivity contribution in [2.75, 3.05) is 5.32 Å². The largest absolute Gasteiger partial charge is 0.508 e. The SMILES string of the molecule is Cc1cc(NC(=O)C(N)c2cnn(C)c2)ccc1O. The third-order valence-electron chi connectivity index (χ3n) is 2.83. The highest BCUT2D eigenvalue weighted by Gasteiger charge is 2.17. The molecule has 0 saturated carbocycles. The third-order valence-corrected chi connectivity index (χ3v) is 2.83. The van der Waals surface area contributed by atoms with Crippen molar-refractivity contribution in [3.05, 3.63) is 41.7 Å². The first-order chi connectivity index (χ1) is 8.97. The Balaban J connectivity index is 2.10. The van der Waals surface area contributed by atoms with E-state index in [1.54, 1.807) is 43.2 Å². The number of carbonyl (C=O) groups excluding carboxylic acids is 1. The molecule has 1 unspecified atom stereocenters. The number of phenolic OH excluding ortho intramolecular Hbond substituents is 1. The molecule has 6 heteroatoms. The van der Waals surface area contributed by atoms with Gasteiger partial charge in [0.15, 0.2) is 0 Å². The van der Waals surface area contributed by atoms with Crippen LogP contribution in [0.25, 0.3) is 0 Å². The normalized spacial score (nSPS) is 12.2. The third kappa shape index (κ3) is 2.92. The minimum absolute atomic E-state index is 0.189. The van der Waals surface area contributed by atoms with Crippen LogP contribution >= 0.6 is 0 Å². The number of aromatic hydroxyl groups is 1. The summed E-state index contributed by atoms with van der Waals surface area (Å²) in [5.74, 6) is -0.132. The lowest BCUT2D eigenvalue weighted by Gasteiger charge is -2.11. The number of amides is 1. The van der Waals surface area contributed by atoms with Crippen molar-refractivity contribution in [1.82, 2.24) is 9.78 Å². The summed E-state index contributed by atoms with van der Waals surface area (Å²) < 4.78 is 1.59. The first kappa shape index (κ1) is 13.1. The predicted molar refractivity (Wildman–Crippen MR) is 71.6 cm³/mol. The van der Waals surface area contributed by atoms with Crippen LogP contribution in [0.1, 0.15) is 17.2 Å². The van der Waals surface area contributed by atoms with Crippen LogP contribution in [0.2, 0.25) is 0 Å². The lowest BCUT2D eigenvalue weighted by atomic mass is 10.1. The fourth-order valence-corrected chi connectivity index (χ4v) is 1.71. The molecule has 2 rings (SSSR count). The van der Waals surface area contributed by atoms with Crippen LogP contribution < -0.4 is 11.1 Å². The maximum absolute atomic E-state index is 12.0. The number of phenols is 1. The Morgan fingerprint density at radius 2 is 2.26 bits per heavy atom. The Morgan fingerprint density at radius 1 is 1.53 bits per heavy atom. The molecule has 1 aromatic heterocycles. The maximum Gasteiger partial charge on any atom is 0.246 e. The van der Waals surface area contributed by atoms with E-state index >= 15 is 0 Å². The summed E-state index contributed by atoms with van der Waals surface area (Å²) in [4.78, 5) is 12.0. The summed E-state index contributed by atoms with van der Waals surface area (Å²) >= 11 is 0. The number of hydrogen-bond acceptors (Lipinski definition) is 4. The molecule has 0 fully saturated rings.